The molecular weight excluding hydrogens is 406 g/mol. The number of amides is 1. The van der Waals surface area contributed by atoms with Crippen LogP contribution in [0.1, 0.15) is 41.7 Å². The fourth-order valence-corrected chi connectivity index (χ4v) is 6.82. The Kier molecular flexibility index (Phi) is 5.72. The first-order valence-corrected chi connectivity index (χ1v) is 12.2. The van der Waals surface area contributed by atoms with E-state index in [1.807, 2.05) is 0 Å². The zero-order valence-electron chi connectivity index (χ0n) is 16.1. The molecule has 8 heteroatoms. The zero-order chi connectivity index (χ0) is 20.4. The maximum absolute atomic E-state index is 12.8. The Hall–Kier alpha value is -2.21. The van der Waals surface area contributed by atoms with Gasteiger partial charge in [0.25, 0.3) is 0 Å². The largest absolute Gasteiger partial charge is 0.316 e. The number of nitrogens with one attached hydrogen (secondary N) is 1. The molecule has 2 aromatic rings. The number of fused-ring (bicyclic) bond motifs is 1. The monoisotopic (exact) mass is 429 g/mol. The van der Waals surface area contributed by atoms with Gasteiger partial charge in [-0.25, -0.2) is 8.42 Å². The molecule has 1 aliphatic heterocycles. The van der Waals surface area contributed by atoms with Gasteiger partial charge in [0.05, 0.1) is 10.5 Å². The SMILES string of the molecule is N#Cc1c(NC(=O)C2CCN(S(=O)(=O)c3ccccc3)CC2)sc2c1CCCC2. The average molecular weight is 430 g/mol. The van der Waals surface area contributed by atoms with Gasteiger partial charge in [-0.3, -0.25) is 4.79 Å². The second kappa shape index (κ2) is 8.27. The Labute approximate surface area is 175 Å². The van der Waals surface area contributed by atoms with Crippen LogP contribution in [0, 0.1) is 17.2 Å². The van der Waals surface area contributed by atoms with E-state index < -0.39 is 10.0 Å². The first kappa shape index (κ1) is 20.1. The molecule has 1 aliphatic carbocycles. The highest BCUT2D eigenvalue weighted by Gasteiger charge is 2.32. The summed E-state index contributed by atoms with van der Waals surface area (Å²) in [4.78, 5) is 14.3. The van der Waals surface area contributed by atoms with Gasteiger partial charge in [-0.05, 0) is 56.2 Å². The summed E-state index contributed by atoms with van der Waals surface area (Å²) in [6.45, 7) is 0.642. The van der Waals surface area contributed by atoms with Crippen molar-refractivity contribution in [2.24, 2.45) is 5.92 Å². The van der Waals surface area contributed by atoms with Crippen LogP contribution in [-0.2, 0) is 27.7 Å². The highest BCUT2D eigenvalue weighted by Crippen LogP contribution is 2.38. The molecule has 1 amide bonds. The fraction of sp³-hybridized carbons (Fsp3) is 0.429. The second-order valence-electron chi connectivity index (χ2n) is 7.51. The van der Waals surface area contributed by atoms with Crippen molar-refractivity contribution in [1.29, 1.82) is 5.26 Å². The molecule has 0 bridgehead atoms. The number of carbonyl (C=O) groups excluding carboxylic acids is 1. The summed E-state index contributed by atoms with van der Waals surface area (Å²) in [7, 11) is -3.52. The third kappa shape index (κ3) is 3.95. The fourth-order valence-electron chi connectivity index (χ4n) is 4.09. The minimum atomic E-state index is -3.52. The molecule has 1 fully saturated rings. The van der Waals surface area contributed by atoms with Crippen molar-refractivity contribution in [1.82, 2.24) is 4.31 Å². The Morgan fingerprint density at radius 2 is 1.83 bits per heavy atom. The molecule has 0 spiro atoms. The van der Waals surface area contributed by atoms with Crippen molar-refractivity contribution in [3.63, 3.8) is 0 Å². The summed E-state index contributed by atoms with van der Waals surface area (Å²) in [5.41, 5.74) is 1.71. The number of hydrogen-bond acceptors (Lipinski definition) is 5. The molecule has 1 aromatic carbocycles. The molecule has 2 aliphatic rings. The Morgan fingerprint density at radius 3 is 2.52 bits per heavy atom. The van der Waals surface area contributed by atoms with Crippen LogP contribution in [-0.4, -0.2) is 31.7 Å². The molecule has 29 heavy (non-hydrogen) atoms. The number of anilines is 1. The first-order valence-electron chi connectivity index (χ1n) is 9.91. The number of rotatable bonds is 4. The van der Waals surface area contributed by atoms with Gasteiger partial charge in [0.2, 0.25) is 15.9 Å². The van der Waals surface area contributed by atoms with Crippen molar-refractivity contribution in [2.75, 3.05) is 18.4 Å². The first-order chi connectivity index (χ1) is 14.0. The third-order valence-corrected chi connectivity index (χ3v) is 8.85. The molecule has 0 saturated carbocycles. The van der Waals surface area contributed by atoms with Gasteiger partial charge in [-0.1, -0.05) is 18.2 Å². The predicted octanol–water partition coefficient (Wildman–Crippen LogP) is 3.54. The van der Waals surface area contributed by atoms with E-state index in [9.17, 15) is 18.5 Å². The van der Waals surface area contributed by atoms with Crippen molar-refractivity contribution in [2.45, 2.75) is 43.4 Å². The van der Waals surface area contributed by atoms with E-state index in [2.05, 4.69) is 11.4 Å². The van der Waals surface area contributed by atoms with E-state index in [0.717, 1.165) is 31.2 Å². The summed E-state index contributed by atoms with van der Waals surface area (Å²) in [6.07, 6.45) is 5.04. The number of benzene rings is 1. The number of carbonyl (C=O) groups is 1. The van der Waals surface area contributed by atoms with Crippen molar-refractivity contribution < 1.29 is 13.2 Å². The lowest BCUT2D eigenvalue weighted by atomic mass is 9.95. The molecular formula is C21H23N3O3S2. The van der Waals surface area contributed by atoms with Crippen LogP contribution in [0.2, 0.25) is 0 Å². The summed E-state index contributed by atoms with van der Waals surface area (Å²) >= 11 is 1.52. The number of aryl methyl sites for hydroxylation is 1. The Balaban J connectivity index is 1.41. The minimum Gasteiger partial charge on any atom is -0.316 e. The number of sulfonamides is 1. The van der Waals surface area contributed by atoms with E-state index >= 15 is 0 Å². The molecule has 1 N–H and O–H groups in total. The third-order valence-electron chi connectivity index (χ3n) is 5.73. The van der Waals surface area contributed by atoms with Gasteiger partial charge in [0, 0.05) is 23.9 Å². The number of piperidine rings is 1. The van der Waals surface area contributed by atoms with Crippen molar-refractivity contribution >= 4 is 32.3 Å². The van der Waals surface area contributed by atoms with Gasteiger partial charge in [-0.15, -0.1) is 11.3 Å². The van der Waals surface area contributed by atoms with E-state index in [4.69, 9.17) is 0 Å². The number of thiophene rings is 1. The van der Waals surface area contributed by atoms with Gasteiger partial charge >= 0.3 is 0 Å². The van der Waals surface area contributed by atoms with Gasteiger partial charge in [-0.2, -0.15) is 9.57 Å². The van der Waals surface area contributed by atoms with Crippen LogP contribution in [0.25, 0.3) is 0 Å². The predicted molar refractivity (Wildman–Crippen MR) is 112 cm³/mol. The van der Waals surface area contributed by atoms with Crippen LogP contribution < -0.4 is 5.32 Å². The molecule has 152 valence electrons. The Morgan fingerprint density at radius 1 is 1.14 bits per heavy atom. The maximum atomic E-state index is 12.8. The number of nitriles is 1. The van der Waals surface area contributed by atoms with Crippen LogP contribution in [0.5, 0.6) is 0 Å². The maximum Gasteiger partial charge on any atom is 0.243 e. The highest BCUT2D eigenvalue weighted by molar-refractivity contribution is 7.89. The summed E-state index contributed by atoms with van der Waals surface area (Å²) < 4.78 is 26.9. The van der Waals surface area contributed by atoms with E-state index in [1.54, 1.807) is 30.3 Å². The van der Waals surface area contributed by atoms with E-state index in [-0.39, 0.29) is 16.7 Å². The van der Waals surface area contributed by atoms with Gasteiger partial charge in [0.1, 0.15) is 11.1 Å². The van der Waals surface area contributed by atoms with Gasteiger partial charge < -0.3 is 5.32 Å². The molecule has 0 atom stereocenters. The molecule has 0 unspecified atom stereocenters. The van der Waals surface area contributed by atoms with Crippen LogP contribution in [0.15, 0.2) is 35.2 Å². The van der Waals surface area contributed by atoms with Crippen molar-refractivity contribution in [3.8, 4) is 6.07 Å². The minimum absolute atomic E-state index is 0.114. The molecule has 1 aromatic heterocycles. The zero-order valence-corrected chi connectivity index (χ0v) is 17.7. The van der Waals surface area contributed by atoms with Crippen LogP contribution >= 0.6 is 11.3 Å². The summed E-state index contributed by atoms with van der Waals surface area (Å²) in [5.74, 6) is -0.361. The lowest BCUT2D eigenvalue weighted by Crippen LogP contribution is -2.41. The van der Waals surface area contributed by atoms with Crippen LogP contribution in [0.3, 0.4) is 0 Å². The summed E-state index contributed by atoms with van der Waals surface area (Å²) in [5, 5.41) is 13.2. The Bertz CT molecular complexity index is 1050. The van der Waals surface area contributed by atoms with E-state index in [1.165, 1.54) is 20.5 Å². The van der Waals surface area contributed by atoms with Crippen LogP contribution in [0.4, 0.5) is 5.00 Å². The second-order valence-corrected chi connectivity index (χ2v) is 10.6. The standard InChI is InChI=1S/C21H23N3O3S2/c22-14-18-17-8-4-5-9-19(17)28-21(18)23-20(25)15-10-12-24(13-11-15)29(26,27)16-6-2-1-3-7-16/h1-3,6-7,15H,4-5,8-13H2,(H,23,25). The lowest BCUT2D eigenvalue weighted by Gasteiger charge is -2.30. The van der Waals surface area contributed by atoms with Crippen molar-refractivity contribution in [3.05, 3.63) is 46.3 Å². The molecule has 1 saturated heterocycles. The molecule has 4 rings (SSSR count). The average Bonchev–Trinajstić information content (AvgIpc) is 3.11. The quantitative estimate of drug-likeness (QED) is 0.805. The molecule has 6 nitrogen and oxygen atoms in total. The van der Waals surface area contributed by atoms with Gasteiger partial charge in [0.15, 0.2) is 0 Å². The molecule has 2 heterocycles. The number of hydrogen-bond donors (Lipinski definition) is 1. The van der Waals surface area contributed by atoms with E-state index in [0.29, 0.717) is 36.5 Å². The normalized spacial score (nSPS) is 18.0. The summed E-state index contributed by atoms with van der Waals surface area (Å²) in [6, 6.07) is 10.7. The number of nitrogens with zero attached hydrogens (tertiary/aromatic N) is 2. The lowest BCUT2D eigenvalue weighted by molar-refractivity contribution is -0.120. The highest BCUT2D eigenvalue weighted by atomic mass is 32.2. The topological polar surface area (TPSA) is 90.3 Å². The smallest absolute Gasteiger partial charge is 0.243 e. The molecule has 0 radical (unpaired) electrons.